The molecule has 0 aromatic carbocycles. The normalized spacial score (nSPS) is 21.7. The average Bonchev–Trinajstić information content (AvgIpc) is 3.19. The van der Waals surface area contributed by atoms with Gasteiger partial charge in [-0.1, -0.05) is 0 Å². The summed E-state index contributed by atoms with van der Waals surface area (Å²) in [7, 11) is 1.30. The van der Waals surface area contributed by atoms with E-state index in [4.69, 9.17) is 0 Å². The van der Waals surface area contributed by atoms with Crippen LogP contribution in [0, 0.1) is 5.92 Å². The van der Waals surface area contributed by atoms with Crippen LogP contribution < -0.4 is 0 Å². The van der Waals surface area contributed by atoms with Crippen molar-refractivity contribution >= 4 is 17.8 Å². The Labute approximate surface area is 119 Å². The summed E-state index contributed by atoms with van der Waals surface area (Å²) in [4.78, 5) is 39.2. The number of carbonyl (C=O) groups is 3. The lowest BCUT2D eigenvalue weighted by atomic mass is 10.1. The second-order valence-corrected chi connectivity index (χ2v) is 5.39. The molecule has 0 spiro atoms. The summed E-state index contributed by atoms with van der Waals surface area (Å²) < 4.78 is 4.60. The number of carbonyl (C=O) groups excluding carboxylic acids is 3. The van der Waals surface area contributed by atoms with Crippen molar-refractivity contribution in [2.24, 2.45) is 5.92 Å². The number of rotatable bonds is 5. The molecule has 0 bridgehead atoms. The third-order valence-corrected chi connectivity index (χ3v) is 3.99. The van der Waals surface area contributed by atoms with Crippen molar-refractivity contribution in [3.63, 3.8) is 0 Å². The van der Waals surface area contributed by atoms with Crippen LogP contribution in [0.15, 0.2) is 0 Å². The molecule has 6 heteroatoms. The predicted molar refractivity (Wildman–Crippen MR) is 71.7 cm³/mol. The van der Waals surface area contributed by atoms with Crippen LogP contribution in [0.25, 0.3) is 0 Å². The molecule has 1 heterocycles. The highest BCUT2D eigenvalue weighted by Crippen LogP contribution is 2.34. The number of methoxy groups -OCH3 is 1. The molecule has 2 amide bonds. The molecular weight excluding hydrogens is 260 g/mol. The van der Waals surface area contributed by atoms with Crippen molar-refractivity contribution in [3.05, 3.63) is 0 Å². The molecule has 2 rings (SSSR count). The van der Waals surface area contributed by atoms with Gasteiger partial charge in [0.25, 0.3) is 0 Å². The topological polar surface area (TPSA) is 66.9 Å². The van der Waals surface area contributed by atoms with Crippen molar-refractivity contribution in [1.82, 2.24) is 9.80 Å². The number of ether oxygens (including phenoxy) is 1. The molecule has 1 aliphatic carbocycles. The van der Waals surface area contributed by atoms with Crippen LogP contribution in [0.3, 0.4) is 0 Å². The fourth-order valence-corrected chi connectivity index (χ4v) is 2.63. The molecule has 0 N–H and O–H groups in total. The van der Waals surface area contributed by atoms with Crippen molar-refractivity contribution in [3.8, 4) is 0 Å². The maximum absolute atomic E-state index is 12.5. The van der Waals surface area contributed by atoms with Crippen LogP contribution in [-0.2, 0) is 19.1 Å². The molecule has 6 nitrogen and oxygen atoms in total. The van der Waals surface area contributed by atoms with E-state index in [2.05, 4.69) is 4.74 Å². The fourth-order valence-electron chi connectivity index (χ4n) is 2.63. The van der Waals surface area contributed by atoms with Crippen molar-refractivity contribution < 1.29 is 19.1 Å². The average molecular weight is 282 g/mol. The van der Waals surface area contributed by atoms with Gasteiger partial charge in [0, 0.05) is 19.0 Å². The lowest BCUT2D eigenvalue weighted by Crippen LogP contribution is -2.49. The number of esters is 1. The largest absolute Gasteiger partial charge is 0.468 e. The van der Waals surface area contributed by atoms with E-state index in [1.165, 1.54) is 12.0 Å². The van der Waals surface area contributed by atoms with Crippen LogP contribution in [0.4, 0.5) is 0 Å². The molecule has 0 aromatic heterocycles. The first kappa shape index (κ1) is 14.8. The van der Waals surface area contributed by atoms with Crippen molar-refractivity contribution in [1.29, 1.82) is 0 Å². The lowest BCUT2D eigenvalue weighted by Gasteiger charge is -2.29. The highest BCUT2D eigenvalue weighted by Gasteiger charge is 2.42. The minimum Gasteiger partial charge on any atom is -0.468 e. The summed E-state index contributed by atoms with van der Waals surface area (Å²) in [6.07, 6.45) is 3.42. The SMILES string of the molecule is CCN(CC(=O)OC)C(=O)C1CCCN1C(=O)C1CC1. The number of likely N-dealkylation sites (N-methyl/N-ethyl adjacent to an activating group) is 1. The maximum atomic E-state index is 12.5. The van der Waals surface area contributed by atoms with Gasteiger partial charge in [-0.15, -0.1) is 0 Å². The highest BCUT2D eigenvalue weighted by atomic mass is 16.5. The first-order chi connectivity index (χ1) is 9.58. The Morgan fingerprint density at radius 1 is 1.25 bits per heavy atom. The summed E-state index contributed by atoms with van der Waals surface area (Å²) in [5.41, 5.74) is 0. The fraction of sp³-hybridized carbons (Fsp3) is 0.786. The third kappa shape index (κ3) is 3.11. The van der Waals surface area contributed by atoms with Crippen LogP contribution in [0.2, 0.25) is 0 Å². The predicted octanol–water partition coefficient (Wildman–Crippen LogP) is 0.409. The van der Waals surface area contributed by atoms with Gasteiger partial charge in [-0.2, -0.15) is 0 Å². The maximum Gasteiger partial charge on any atom is 0.325 e. The summed E-state index contributed by atoms with van der Waals surface area (Å²) in [5.74, 6) is -0.336. The van der Waals surface area contributed by atoms with E-state index >= 15 is 0 Å². The van der Waals surface area contributed by atoms with Gasteiger partial charge in [0.2, 0.25) is 11.8 Å². The van der Waals surface area contributed by atoms with Gasteiger partial charge in [-0.3, -0.25) is 14.4 Å². The Balaban J connectivity index is 2.01. The van der Waals surface area contributed by atoms with Gasteiger partial charge < -0.3 is 14.5 Å². The van der Waals surface area contributed by atoms with Gasteiger partial charge >= 0.3 is 5.97 Å². The second-order valence-electron chi connectivity index (χ2n) is 5.39. The summed E-state index contributed by atoms with van der Waals surface area (Å²) in [6, 6.07) is -0.396. The van der Waals surface area contributed by atoms with Gasteiger partial charge in [-0.25, -0.2) is 0 Å². The molecule has 1 unspecified atom stereocenters. The molecule has 2 fully saturated rings. The quantitative estimate of drug-likeness (QED) is 0.685. The van der Waals surface area contributed by atoms with E-state index in [1.54, 1.807) is 4.90 Å². The van der Waals surface area contributed by atoms with Gasteiger partial charge in [0.1, 0.15) is 12.6 Å². The van der Waals surface area contributed by atoms with Gasteiger partial charge in [-0.05, 0) is 32.6 Å². The second kappa shape index (κ2) is 6.24. The summed E-state index contributed by atoms with van der Waals surface area (Å²) >= 11 is 0. The monoisotopic (exact) mass is 282 g/mol. The zero-order chi connectivity index (χ0) is 14.7. The number of likely N-dealkylation sites (tertiary alicyclic amines) is 1. The Kier molecular flexibility index (Phi) is 4.62. The molecule has 112 valence electrons. The minimum absolute atomic E-state index is 0.0478. The Bertz CT molecular complexity index is 406. The molecule has 2 aliphatic rings. The molecule has 0 radical (unpaired) electrons. The van der Waals surface area contributed by atoms with Gasteiger partial charge in [0.15, 0.2) is 0 Å². The van der Waals surface area contributed by atoms with Crippen LogP contribution in [0.5, 0.6) is 0 Å². The molecule has 1 aliphatic heterocycles. The van der Waals surface area contributed by atoms with Crippen LogP contribution in [0.1, 0.15) is 32.6 Å². The first-order valence-corrected chi connectivity index (χ1v) is 7.24. The van der Waals surface area contributed by atoms with E-state index in [0.29, 0.717) is 19.5 Å². The molecule has 1 atom stereocenters. The molecule has 20 heavy (non-hydrogen) atoms. The van der Waals surface area contributed by atoms with Crippen LogP contribution in [-0.4, -0.2) is 60.4 Å². The van der Waals surface area contributed by atoms with E-state index in [1.807, 2.05) is 6.92 Å². The van der Waals surface area contributed by atoms with Crippen LogP contribution >= 0.6 is 0 Å². The molecule has 1 saturated heterocycles. The molecule has 0 aromatic rings. The van der Waals surface area contributed by atoms with Crippen molar-refractivity contribution in [2.45, 2.75) is 38.6 Å². The standard InChI is InChI=1S/C14H22N2O4/c1-3-15(9-12(17)20-2)14(19)11-5-4-8-16(11)13(18)10-6-7-10/h10-11H,3-9H2,1-2H3. The highest BCUT2D eigenvalue weighted by molar-refractivity contribution is 5.91. The molecular formula is C14H22N2O4. The zero-order valence-electron chi connectivity index (χ0n) is 12.1. The summed E-state index contributed by atoms with van der Waals surface area (Å²) in [5, 5.41) is 0. The summed E-state index contributed by atoms with van der Waals surface area (Å²) in [6.45, 7) is 2.87. The lowest BCUT2D eigenvalue weighted by molar-refractivity contribution is -0.150. The van der Waals surface area contributed by atoms with E-state index in [0.717, 1.165) is 19.3 Å². The number of hydrogen-bond acceptors (Lipinski definition) is 4. The van der Waals surface area contributed by atoms with Gasteiger partial charge in [0.05, 0.1) is 7.11 Å². The number of nitrogens with zero attached hydrogens (tertiary/aromatic N) is 2. The third-order valence-electron chi connectivity index (χ3n) is 3.99. The van der Waals surface area contributed by atoms with Crippen molar-refractivity contribution in [2.75, 3.05) is 26.7 Å². The Hall–Kier alpha value is -1.59. The first-order valence-electron chi connectivity index (χ1n) is 7.24. The Morgan fingerprint density at radius 2 is 1.95 bits per heavy atom. The number of amides is 2. The minimum atomic E-state index is -0.432. The molecule has 1 saturated carbocycles. The zero-order valence-corrected chi connectivity index (χ0v) is 12.1. The van der Waals surface area contributed by atoms with E-state index < -0.39 is 12.0 Å². The van der Waals surface area contributed by atoms with E-state index in [9.17, 15) is 14.4 Å². The number of hydrogen-bond donors (Lipinski definition) is 0. The smallest absolute Gasteiger partial charge is 0.325 e. The Morgan fingerprint density at radius 3 is 2.50 bits per heavy atom. The van der Waals surface area contributed by atoms with E-state index in [-0.39, 0.29) is 24.3 Å².